The van der Waals surface area contributed by atoms with Gasteiger partial charge in [0.05, 0.1) is 11.2 Å². The Labute approximate surface area is 100 Å². The van der Waals surface area contributed by atoms with Crippen LogP contribution in [-0.4, -0.2) is 34.4 Å². The van der Waals surface area contributed by atoms with E-state index < -0.39 is 24.3 Å². The lowest BCUT2D eigenvalue weighted by Gasteiger charge is -2.32. The van der Waals surface area contributed by atoms with Crippen LogP contribution in [0.25, 0.3) is 0 Å². The van der Waals surface area contributed by atoms with Crippen molar-refractivity contribution in [3.63, 3.8) is 0 Å². The quantitative estimate of drug-likeness (QED) is 0.753. The number of nitrogens with one attached hydrogen (secondary N) is 1. The van der Waals surface area contributed by atoms with E-state index >= 15 is 0 Å². The summed E-state index contributed by atoms with van der Waals surface area (Å²) in [6.07, 6.45) is 0. The summed E-state index contributed by atoms with van der Waals surface area (Å²) in [6, 6.07) is 3.17. The molecular formula is C11H16BNO4. The lowest BCUT2D eigenvalue weighted by atomic mass is 9.85. The first-order valence-electron chi connectivity index (χ1n) is 5.51. The molecule has 0 saturated carbocycles. The van der Waals surface area contributed by atoms with E-state index in [9.17, 15) is 4.79 Å². The van der Waals surface area contributed by atoms with Crippen molar-refractivity contribution in [3.8, 4) is 0 Å². The molecule has 0 aromatic carbocycles. The van der Waals surface area contributed by atoms with Crippen LogP contribution in [0, 0.1) is 0 Å². The molecule has 17 heavy (non-hydrogen) atoms. The van der Waals surface area contributed by atoms with E-state index in [1.54, 1.807) is 6.07 Å². The number of H-pyrrole nitrogens is 1. The highest BCUT2D eigenvalue weighted by Crippen LogP contribution is 2.36. The molecule has 1 fully saturated rings. The molecule has 0 bridgehead atoms. The van der Waals surface area contributed by atoms with Crippen LogP contribution < -0.4 is 5.59 Å². The van der Waals surface area contributed by atoms with Crippen molar-refractivity contribution in [2.24, 2.45) is 0 Å². The minimum atomic E-state index is -0.993. The lowest BCUT2D eigenvalue weighted by molar-refractivity contribution is 0.00578. The van der Waals surface area contributed by atoms with Crippen molar-refractivity contribution < 1.29 is 19.2 Å². The predicted octanol–water partition coefficient (Wildman–Crippen LogP) is 1.01. The van der Waals surface area contributed by atoms with Gasteiger partial charge in [0.25, 0.3) is 0 Å². The molecule has 2 N–H and O–H groups in total. The van der Waals surface area contributed by atoms with Gasteiger partial charge in [-0.05, 0) is 39.8 Å². The molecule has 0 unspecified atom stereocenters. The molecule has 5 nitrogen and oxygen atoms in total. The van der Waals surface area contributed by atoms with Crippen LogP contribution in [0.15, 0.2) is 12.1 Å². The molecule has 1 aromatic rings. The summed E-state index contributed by atoms with van der Waals surface area (Å²) in [5.74, 6) is -0.993. The Morgan fingerprint density at radius 2 is 1.76 bits per heavy atom. The number of aromatic amines is 1. The Balaban J connectivity index is 2.23. The third kappa shape index (κ3) is 1.98. The molecule has 1 aliphatic rings. The molecule has 6 heteroatoms. The minimum absolute atomic E-state index is 0.134. The average Bonchev–Trinajstić information content (AvgIpc) is 2.70. The van der Waals surface area contributed by atoms with Crippen molar-refractivity contribution in [1.29, 1.82) is 0 Å². The van der Waals surface area contributed by atoms with Crippen molar-refractivity contribution in [1.82, 2.24) is 4.98 Å². The number of aromatic carboxylic acids is 1. The van der Waals surface area contributed by atoms with Crippen molar-refractivity contribution >= 4 is 18.7 Å². The first-order chi connectivity index (χ1) is 7.73. The number of rotatable bonds is 2. The first kappa shape index (κ1) is 12.2. The topological polar surface area (TPSA) is 71.5 Å². The van der Waals surface area contributed by atoms with E-state index in [4.69, 9.17) is 14.4 Å². The van der Waals surface area contributed by atoms with Gasteiger partial charge < -0.3 is 19.4 Å². The van der Waals surface area contributed by atoms with E-state index in [0.29, 0.717) is 5.59 Å². The number of aromatic nitrogens is 1. The summed E-state index contributed by atoms with van der Waals surface area (Å²) in [5, 5.41) is 8.83. The van der Waals surface area contributed by atoms with Gasteiger partial charge in [0.1, 0.15) is 5.69 Å². The molecule has 92 valence electrons. The average molecular weight is 237 g/mol. The molecule has 0 radical (unpaired) electrons. The number of carboxylic acid groups (broad SMARTS) is 1. The van der Waals surface area contributed by atoms with Gasteiger partial charge in [-0.1, -0.05) is 0 Å². The van der Waals surface area contributed by atoms with E-state index in [1.807, 2.05) is 27.7 Å². The monoisotopic (exact) mass is 237 g/mol. The van der Waals surface area contributed by atoms with Gasteiger partial charge in [0.15, 0.2) is 0 Å². The van der Waals surface area contributed by atoms with Gasteiger partial charge in [-0.15, -0.1) is 0 Å². The Bertz CT molecular complexity index is 436. The molecule has 2 heterocycles. The standard InChI is InChI=1S/C11H16BNO4/c1-10(2)11(3,4)17-12(16-10)8-6-5-7(13-8)9(14)15/h5-6,13H,1-4H3,(H,14,15). The normalized spacial score (nSPS) is 21.8. The van der Waals surface area contributed by atoms with Crippen molar-refractivity contribution in [2.75, 3.05) is 0 Å². The second-order valence-electron chi connectivity index (χ2n) is 5.22. The van der Waals surface area contributed by atoms with E-state index in [2.05, 4.69) is 4.98 Å². The minimum Gasteiger partial charge on any atom is -0.477 e. The van der Waals surface area contributed by atoms with Crippen LogP contribution in [0.5, 0.6) is 0 Å². The van der Waals surface area contributed by atoms with Crippen LogP contribution in [0.2, 0.25) is 0 Å². The summed E-state index contributed by atoms with van der Waals surface area (Å²) in [7, 11) is -0.548. The zero-order valence-corrected chi connectivity index (χ0v) is 10.4. The van der Waals surface area contributed by atoms with Gasteiger partial charge in [-0.25, -0.2) is 4.79 Å². The molecule has 1 aliphatic heterocycles. The molecule has 1 aromatic heterocycles. The maximum absolute atomic E-state index is 10.8. The SMILES string of the molecule is CC1(C)OB(c2ccc(C(=O)O)[nH]2)OC1(C)C. The maximum atomic E-state index is 10.8. The molecule has 2 rings (SSSR count). The van der Waals surface area contributed by atoms with Crippen LogP contribution in [-0.2, 0) is 9.31 Å². The zero-order valence-electron chi connectivity index (χ0n) is 10.4. The second kappa shape index (κ2) is 3.61. The van der Waals surface area contributed by atoms with Crippen LogP contribution in [0.3, 0.4) is 0 Å². The maximum Gasteiger partial charge on any atom is 0.512 e. The third-order valence-corrected chi connectivity index (χ3v) is 3.45. The highest BCUT2D eigenvalue weighted by Gasteiger charge is 2.52. The summed E-state index contributed by atoms with van der Waals surface area (Å²) >= 11 is 0. The van der Waals surface area contributed by atoms with Gasteiger partial charge in [-0.3, -0.25) is 0 Å². The summed E-state index contributed by atoms with van der Waals surface area (Å²) < 4.78 is 11.6. The Morgan fingerprint density at radius 1 is 1.24 bits per heavy atom. The largest absolute Gasteiger partial charge is 0.512 e. The number of carbonyl (C=O) groups is 1. The second-order valence-corrected chi connectivity index (χ2v) is 5.22. The first-order valence-corrected chi connectivity index (χ1v) is 5.51. The fraction of sp³-hybridized carbons (Fsp3) is 0.545. The number of hydrogen-bond donors (Lipinski definition) is 2. The highest BCUT2D eigenvalue weighted by molar-refractivity contribution is 6.61. The van der Waals surface area contributed by atoms with Crippen LogP contribution in [0.1, 0.15) is 38.2 Å². The number of carboxylic acids is 1. The lowest BCUT2D eigenvalue weighted by Crippen LogP contribution is -2.41. The third-order valence-electron chi connectivity index (χ3n) is 3.45. The van der Waals surface area contributed by atoms with E-state index in [0.717, 1.165) is 0 Å². The highest BCUT2D eigenvalue weighted by atomic mass is 16.7. The molecule has 0 atom stereocenters. The number of hydrogen-bond acceptors (Lipinski definition) is 3. The smallest absolute Gasteiger partial charge is 0.477 e. The van der Waals surface area contributed by atoms with E-state index in [1.165, 1.54) is 6.07 Å². The van der Waals surface area contributed by atoms with Gasteiger partial charge >= 0.3 is 13.1 Å². The summed E-state index contributed by atoms with van der Waals surface area (Å²) in [6.45, 7) is 7.81. The fourth-order valence-electron chi connectivity index (χ4n) is 1.64. The Kier molecular flexibility index (Phi) is 2.59. The fourth-order valence-corrected chi connectivity index (χ4v) is 1.64. The zero-order chi connectivity index (χ0) is 12.8. The van der Waals surface area contributed by atoms with Gasteiger partial charge in [0, 0.05) is 5.59 Å². The predicted molar refractivity (Wildman–Crippen MR) is 63.5 cm³/mol. The molecule has 0 aliphatic carbocycles. The van der Waals surface area contributed by atoms with Crippen molar-refractivity contribution in [2.45, 2.75) is 38.9 Å². The van der Waals surface area contributed by atoms with Gasteiger partial charge in [0.2, 0.25) is 0 Å². The van der Waals surface area contributed by atoms with E-state index in [-0.39, 0.29) is 5.69 Å². The van der Waals surface area contributed by atoms with Crippen LogP contribution in [0.4, 0.5) is 0 Å². The van der Waals surface area contributed by atoms with Gasteiger partial charge in [-0.2, -0.15) is 0 Å². The van der Waals surface area contributed by atoms with Crippen LogP contribution >= 0.6 is 0 Å². The molecule has 1 saturated heterocycles. The van der Waals surface area contributed by atoms with Crippen molar-refractivity contribution in [3.05, 3.63) is 17.8 Å². The molecule has 0 spiro atoms. The summed E-state index contributed by atoms with van der Waals surface area (Å²) in [5.41, 5.74) is -0.0889. The summed E-state index contributed by atoms with van der Waals surface area (Å²) in [4.78, 5) is 13.6. The molecular weight excluding hydrogens is 221 g/mol. The Morgan fingerprint density at radius 3 is 2.18 bits per heavy atom. The molecule has 0 amide bonds. The Hall–Kier alpha value is -1.27.